The van der Waals surface area contributed by atoms with Crippen LogP contribution in [-0.2, 0) is 0 Å². The second-order valence-electron chi connectivity index (χ2n) is 2.46. The maximum absolute atomic E-state index is 2.29. The van der Waals surface area contributed by atoms with Crippen molar-refractivity contribution in [1.29, 1.82) is 0 Å². The lowest BCUT2D eigenvalue weighted by Gasteiger charge is -1.89. The van der Waals surface area contributed by atoms with Crippen LogP contribution >= 0.6 is 0 Å². The Morgan fingerprint density at radius 3 is 1.78 bits per heavy atom. The summed E-state index contributed by atoms with van der Waals surface area (Å²) < 4.78 is 0. The van der Waals surface area contributed by atoms with E-state index in [-0.39, 0.29) is 0 Å². The van der Waals surface area contributed by atoms with Gasteiger partial charge in [0.05, 0.1) is 0 Å². The molecule has 9 heavy (non-hydrogen) atoms. The van der Waals surface area contributed by atoms with E-state index in [4.69, 9.17) is 0 Å². The van der Waals surface area contributed by atoms with Crippen LogP contribution in [0.1, 0.15) is 32.1 Å². The SMILES string of the molecule is C1=C\CCCC/C=C\C/1. The van der Waals surface area contributed by atoms with Crippen LogP contribution in [0.2, 0.25) is 0 Å². The molecule has 0 aromatic carbocycles. The van der Waals surface area contributed by atoms with Crippen molar-refractivity contribution in [3.05, 3.63) is 24.3 Å². The summed E-state index contributed by atoms with van der Waals surface area (Å²) >= 11 is 0. The molecule has 0 heteroatoms. The molecule has 0 saturated carbocycles. The van der Waals surface area contributed by atoms with Crippen molar-refractivity contribution in [2.24, 2.45) is 0 Å². The Labute approximate surface area is 57.3 Å². The third-order valence-electron chi connectivity index (χ3n) is 1.60. The predicted octanol–water partition coefficient (Wildman–Crippen LogP) is 3.06. The quantitative estimate of drug-likeness (QED) is 0.433. The molecule has 0 unspecified atom stereocenters. The molecule has 0 aromatic rings. The minimum Gasteiger partial charge on any atom is -0.0882 e. The van der Waals surface area contributed by atoms with Gasteiger partial charge in [0.15, 0.2) is 0 Å². The Morgan fingerprint density at radius 1 is 0.667 bits per heavy atom. The van der Waals surface area contributed by atoms with Crippen LogP contribution in [0, 0.1) is 0 Å². The zero-order chi connectivity index (χ0) is 6.36. The van der Waals surface area contributed by atoms with E-state index in [0.29, 0.717) is 0 Å². The first-order valence-corrected chi connectivity index (χ1v) is 3.80. The van der Waals surface area contributed by atoms with E-state index in [2.05, 4.69) is 24.3 Å². The van der Waals surface area contributed by atoms with Crippen LogP contribution < -0.4 is 0 Å². The molecule has 0 N–H and O–H groups in total. The Kier molecular flexibility index (Phi) is 3.20. The summed E-state index contributed by atoms with van der Waals surface area (Å²) in [4.78, 5) is 0. The second-order valence-corrected chi connectivity index (χ2v) is 2.46. The number of rotatable bonds is 0. The highest BCUT2D eigenvalue weighted by atomic mass is 13.9. The lowest BCUT2D eigenvalue weighted by atomic mass is 10.2. The summed E-state index contributed by atoms with van der Waals surface area (Å²) in [5.74, 6) is 0. The molecule has 50 valence electrons. The fraction of sp³-hybridized carbons (Fsp3) is 0.556. The van der Waals surface area contributed by atoms with Gasteiger partial charge in [-0.1, -0.05) is 24.3 Å². The largest absolute Gasteiger partial charge is 0.0882 e. The van der Waals surface area contributed by atoms with Gasteiger partial charge in [-0.05, 0) is 32.1 Å². The van der Waals surface area contributed by atoms with E-state index in [1.54, 1.807) is 0 Å². The summed E-state index contributed by atoms with van der Waals surface area (Å²) in [7, 11) is 0. The van der Waals surface area contributed by atoms with Gasteiger partial charge in [-0.25, -0.2) is 0 Å². The summed E-state index contributed by atoms with van der Waals surface area (Å²) in [6.45, 7) is 0. The first-order chi connectivity index (χ1) is 4.50. The van der Waals surface area contributed by atoms with Crippen molar-refractivity contribution >= 4 is 0 Å². The fourth-order valence-corrected chi connectivity index (χ4v) is 1.03. The normalized spacial score (nSPS) is 27.6. The van der Waals surface area contributed by atoms with E-state index in [1.807, 2.05) is 0 Å². The van der Waals surface area contributed by atoms with Crippen molar-refractivity contribution in [2.75, 3.05) is 0 Å². The molecule has 0 nitrogen and oxygen atoms in total. The van der Waals surface area contributed by atoms with E-state index >= 15 is 0 Å². The average molecular weight is 122 g/mol. The van der Waals surface area contributed by atoms with Crippen LogP contribution in [0.25, 0.3) is 0 Å². The van der Waals surface area contributed by atoms with Crippen LogP contribution in [0.3, 0.4) is 0 Å². The summed E-state index contributed by atoms with van der Waals surface area (Å²) in [5.41, 5.74) is 0. The Hall–Kier alpha value is -0.520. The van der Waals surface area contributed by atoms with Gasteiger partial charge in [-0.3, -0.25) is 0 Å². The lowest BCUT2D eigenvalue weighted by molar-refractivity contribution is 0.764. The van der Waals surface area contributed by atoms with Gasteiger partial charge in [-0.15, -0.1) is 0 Å². The van der Waals surface area contributed by atoms with Crippen molar-refractivity contribution in [3.8, 4) is 0 Å². The van der Waals surface area contributed by atoms with Crippen LogP contribution in [0.4, 0.5) is 0 Å². The molecule has 0 heterocycles. The molecule has 0 aliphatic heterocycles. The van der Waals surface area contributed by atoms with Crippen LogP contribution in [-0.4, -0.2) is 0 Å². The van der Waals surface area contributed by atoms with E-state index in [9.17, 15) is 0 Å². The lowest BCUT2D eigenvalue weighted by Crippen LogP contribution is -1.69. The molecule has 0 atom stereocenters. The zero-order valence-electron chi connectivity index (χ0n) is 5.84. The van der Waals surface area contributed by atoms with Gasteiger partial charge in [0.2, 0.25) is 0 Å². The number of hydrogen-bond acceptors (Lipinski definition) is 0. The molecule has 0 aromatic heterocycles. The molecule has 1 rings (SSSR count). The number of hydrogen-bond donors (Lipinski definition) is 0. The van der Waals surface area contributed by atoms with Crippen molar-refractivity contribution in [2.45, 2.75) is 32.1 Å². The topological polar surface area (TPSA) is 0 Å². The Balaban J connectivity index is 2.28. The highest BCUT2D eigenvalue weighted by Gasteiger charge is 1.84. The minimum absolute atomic E-state index is 1.14. The summed E-state index contributed by atoms with van der Waals surface area (Å²) in [6, 6.07) is 0. The maximum atomic E-state index is 2.29. The Morgan fingerprint density at radius 2 is 1.22 bits per heavy atom. The van der Waals surface area contributed by atoms with Crippen molar-refractivity contribution in [3.63, 3.8) is 0 Å². The molecule has 0 bridgehead atoms. The molecule has 0 amide bonds. The third-order valence-corrected chi connectivity index (χ3v) is 1.60. The van der Waals surface area contributed by atoms with Crippen molar-refractivity contribution in [1.82, 2.24) is 0 Å². The summed E-state index contributed by atoms with van der Waals surface area (Å²) in [6.07, 6.45) is 15.5. The van der Waals surface area contributed by atoms with Gasteiger partial charge in [-0.2, -0.15) is 0 Å². The summed E-state index contributed by atoms with van der Waals surface area (Å²) in [5, 5.41) is 0. The van der Waals surface area contributed by atoms with Gasteiger partial charge in [0.25, 0.3) is 0 Å². The van der Waals surface area contributed by atoms with Gasteiger partial charge < -0.3 is 0 Å². The average Bonchev–Trinajstić information content (AvgIpc) is 2.00. The molecule has 0 spiro atoms. The smallest absolute Gasteiger partial charge is 0.0169 e. The minimum atomic E-state index is 1.14. The third kappa shape index (κ3) is 3.12. The van der Waals surface area contributed by atoms with Gasteiger partial charge >= 0.3 is 0 Å². The molecular formula is C9H14. The van der Waals surface area contributed by atoms with Crippen LogP contribution in [0.5, 0.6) is 0 Å². The molecule has 0 fully saturated rings. The van der Waals surface area contributed by atoms with E-state index in [0.717, 1.165) is 6.42 Å². The highest BCUT2D eigenvalue weighted by molar-refractivity contribution is 4.94. The first-order valence-electron chi connectivity index (χ1n) is 3.80. The Bertz CT molecular complexity index is 95.2. The van der Waals surface area contributed by atoms with Gasteiger partial charge in [0.1, 0.15) is 0 Å². The molecule has 0 radical (unpaired) electrons. The predicted molar refractivity (Wildman–Crippen MR) is 41.4 cm³/mol. The van der Waals surface area contributed by atoms with E-state index in [1.165, 1.54) is 25.7 Å². The van der Waals surface area contributed by atoms with Crippen molar-refractivity contribution < 1.29 is 0 Å². The standard InChI is InChI=1S/C9H14/c1-2-4-6-8-9-7-5-3-1/h1-2,5,7H,3-4,6,8-9H2/b2-1-,7-5-. The molecule has 1 aliphatic carbocycles. The maximum Gasteiger partial charge on any atom is -0.0169 e. The van der Waals surface area contributed by atoms with E-state index < -0.39 is 0 Å². The van der Waals surface area contributed by atoms with Crippen LogP contribution in [0.15, 0.2) is 24.3 Å². The fourth-order valence-electron chi connectivity index (χ4n) is 1.03. The number of allylic oxidation sites excluding steroid dienone is 4. The molecule has 0 saturated heterocycles. The second kappa shape index (κ2) is 4.37. The zero-order valence-corrected chi connectivity index (χ0v) is 5.84. The first kappa shape index (κ1) is 6.60. The highest BCUT2D eigenvalue weighted by Crippen LogP contribution is 2.05. The molecular weight excluding hydrogens is 108 g/mol. The monoisotopic (exact) mass is 122 g/mol. The molecule has 1 aliphatic rings. The van der Waals surface area contributed by atoms with Gasteiger partial charge in [0, 0.05) is 0 Å².